The molecule has 0 fully saturated rings. The molecule has 0 radical (unpaired) electrons. The van der Waals surface area contributed by atoms with Gasteiger partial charge in [0.15, 0.2) is 11.6 Å². The van der Waals surface area contributed by atoms with Crippen molar-refractivity contribution in [3.05, 3.63) is 36.7 Å². The fourth-order valence-electron chi connectivity index (χ4n) is 2.66. The average molecular weight is 720 g/mol. The van der Waals surface area contributed by atoms with Gasteiger partial charge in [0, 0.05) is 5.56 Å². The zero-order chi connectivity index (χ0) is 36.2. The highest BCUT2D eigenvalue weighted by molar-refractivity contribution is 5.56. The Kier molecular flexibility index (Phi) is 9.72. The quantitative estimate of drug-likeness (QED) is 0.212. The zero-order valence-corrected chi connectivity index (χ0v) is 20.7. The maximum Gasteiger partial charge on any atom is 0.460 e. The van der Waals surface area contributed by atoms with Crippen molar-refractivity contribution in [2.75, 3.05) is 0 Å². The summed E-state index contributed by atoms with van der Waals surface area (Å²) in [6.07, 6.45) is -41.0. The molecule has 0 aliphatic rings. The Morgan fingerprint density at radius 2 is 0.957 bits per heavy atom. The number of hydrogen-bond donors (Lipinski definition) is 1. The van der Waals surface area contributed by atoms with E-state index in [9.17, 15) is 87.8 Å². The van der Waals surface area contributed by atoms with Crippen LogP contribution in [-0.4, -0.2) is 75.7 Å². The molecule has 46 heavy (non-hydrogen) atoms. The van der Waals surface area contributed by atoms with Crippen molar-refractivity contribution in [3.8, 4) is 22.9 Å². The highest BCUT2D eigenvalue weighted by Crippen LogP contribution is 2.61. The minimum Gasteiger partial charge on any atom is -0.505 e. The van der Waals surface area contributed by atoms with Crippen molar-refractivity contribution in [2.24, 2.45) is 0 Å². The monoisotopic (exact) mass is 720 g/mol. The lowest BCUT2D eigenvalue weighted by atomic mass is 9.97. The second-order valence-electron chi connectivity index (χ2n) is 8.33. The topological polar surface area (TPSA) is 73.7 Å². The van der Waals surface area contributed by atoms with Gasteiger partial charge in [-0.05, 0) is 24.3 Å². The summed E-state index contributed by atoms with van der Waals surface area (Å²) in [5.41, 5.74) is -0.0164. The lowest BCUT2D eigenvalue weighted by Crippen LogP contribution is -2.71. The molecule has 1 unspecified atom stereocenters. The van der Waals surface area contributed by atoms with Crippen LogP contribution in [0.4, 0.5) is 87.8 Å². The van der Waals surface area contributed by atoms with Crippen molar-refractivity contribution in [1.82, 2.24) is 9.97 Å². The Hall–Kier alpha value is -3.58. The SMILES string of the molecule is Oc1cnc(-c2ccc(OC(F)C(F)(F)OC(F)(F)C(F)(F)OC(F)(F)C(F)(F)C(F)(F)C(F)(F)C(F)(F)C(F)(F)F)cc2)nc1. The molecule has 0 amide bonds. The first kappa shape index (κ1) is 38.6. The fraction of sp³-hybridized carbons (Fsp3) is 0.500. The van der Waals surface area contributed by atoms with Gasteiger partial charge in [0.2, 0.25) is 0 Å². The number of aromatic nitrogens is 2. The molecular weight excluding hydrogens is 712 g/mol. The molecule has 1 atom stereocenters. The summed E-state index contributed by atoms with van der Waals surface area (Å²) in [6, 6.07) is 2.84. The fourth-order valence-corrected chi connectivity index (χ4v) is 2.66. The molecule has 6 nitrogen and oxygen atoms in total. The van der Waals surface area contributed by atoms with Crippen LogP contribution in [0.3, 0.4) is 0 Å². The van der Waals surface area contributed by atoms with Crippen molar-refractivity contribution in [1.29, 1.82) is 0 Å². The van der Waals surface area contributed by atoms with Crippen LogP contribution in [0.2, 0.25) is 0 Å². The highest BCUT2D eigenvalue weighted by atomic mass is 19.4. The summed E-state index contributed by atoms with van der Waals surface area (Å²) in [5.74, 6) is -36.1. The van der Waals surface area contributed by atoms with E-state index in [-0.39, 0.29) is 11.4 Å². The second-order valence-corrected chi connectivity index (χ2v) is 8.33. The predicted octanol–water partition coefficient (Wildman–Crippen LogP) is 8.03. The standard InChI is InChI=1S/C20H8F20N2O4/c21-11(44-9-3-1-7(2-4-9)10-41-5-8(43)6-42-10)12(22,23)45-19(37,38)20(39,40)46-18(35,36)16(30,31)14(26,27)13(24,25)15(28,29)17(32,33)34/h1-6,11,43H. The third-order valence-corrected chi connectivity index (χ3v) is 5.02. The molecule has 1 aromatic carbocycles. The van der Waals surface area contributed by atoms with Crippen molar-refractivity contribution < 1.29 is 107 Å². The molecule has 1 N–H and O–H groups in total. The number of alkyl halides is 20. The van der Waals surface area contributed by atoms with E-state index in [0.29, 0.717) is 12.1 Å². The van der Waals surface area contributed by atoms with Gasteiger partial charge in [0.05, 0.1) is 12.4 Å². The Morgan fingerprint density at radius 3 is 1.39 bits per heavy atom. The van der Waals surface area contributed by atoms with Crippen LogP contribution < -0.4 is 4.74 Å². The van der Waals surface area contributed by atoms with Crippen molar-refractivity contribution >= 4 is 0 Å². The Bertz CT molecular complexity index is 1350. The van der Waals surface area contributed by atoms with E-state index in [0.717, 1.165) is 24.5 Å². The number of nitrogens with zero attached hydrogens (tertiary/aromatic N) is 2. The van der Waals surface area contributed by atoms with Crippen molar-refractivity contribution in [2.45, 2.75) is 60.7 Å². The van der Waals surface area contributed by atoms with E-state index in [2.05, 4.69) is 14.7 Å². The lowest BCUT2D eigenvalue weighted by Gasteiger charge is -2.40. The third-order valence-electron chi connectivity index (χ3n) is 5.02. The molecule has 1 aromatic heterocycles. The molecule has 1 heterocycles. The van der Waals surface area contributed by atoms with Crippen LogP contribution in [0.5, 0.6) is 11.5 Å². The number of aromatic hydroxyl groups is 1. The minimum atomic E-state index is -8.78. The van der Waals surface area contributed by atoms with Crippen LogP contribution >= 0.6 is 0 Å². The van der Waals surface area contributed by atoms with E-state index in [1.165, 1.54) is 4.74 Å². The molecule has 262 valence electrons. The number of rotatable bonds is 13. The van der Waals surface area contributed by atoms with Crippen molar-refractivity contribution in [3.63, 3.8) is 0 Å². The van der Waals surface area contributed by atoms with Crippen LogP contribution in [0.1, 0.15) is 0 Å². The van der Waals surface area contributed by atoms with Gasteiger partial charge in [-0.15, -0.1) is 0 Å². The molecule has 0 spiro atoms. The van der Waals surface area contributed by atoms with E-state index < -0.39 is 72.2 Å². The maximum atomic E-state index is 13.9. The van der Waals surface area contributed by atoms with E-state index in [1.54, 1.807) is 0 Å². The largest absolute Gasteiger partial charge is 0.505 e. The molecule has 0 aliphatic carbocycles. The first-order valence-electron chi connectivity index (χ1n) is 10.7. The van der Waals surface area contributed by atoms with Gasteiger partial charge < -0.3 is 9.84 Å². The number of benzene rings is 1. The predicted molar refractivity (Wildman–Crippen MR) is 102 cm³/mol. The van der Waals surface area contributed by atoms with Crippen LogP contribution in [-0.2, 0) is 9.47 Å². The number of ether oxygens (including phenoxy) is 3. The van der Waals surface area contributed by atoms with Gasteiger partial charge in [-0.1, -0.05) is 0 Å². The first-order valence-corrected chi connectivity index (χ1v) is 10.7. The molecule has 2 aromatic rings. The Morgan fingerprint density at radius 1 is 0.543 bits per heavy atom. The van der Waals surface area contributed by atoms with Gasteiger partial charge in [0.25, 0.3) is 0 Å². The van der Waals surface area contributed by atoms with Crippen LogP contribution in [0.15, 0.2) is 36.7 Å². The van der Waals surface area contributed by atoms with Gasteiger partial charge in [-0.2, -0.15) is 87.8 Å². The summed E-state index contributed by atoms with van der Waals surface area (Å²) in [7, 11) is 0. The van der Waals surface area contributed by atoms with Crippen LogP contribution in [0, 0.1) is 0 Å². The lowest BCUT2D eigenvalue weighted by molar-refractivity contribution is -0.548. The zero-order valence-electron chi connectivity index (χ0n) is 20.7. The normalized spacial score (nSPS) is 15.6. The Labute approximate surface area is 238 Å². The Balaban J connectivity index is 2.28. The summed E-state index contributed by atoms with van der Waals surface area (Å²) >= 11 is 0. The van der Waals surface area contributed by atoms with Gasteiger partial charge in [0.1, 0.15) is 5.75 Å². The van der Waals surface area contributed by atoms with Gasteiger partial charge in [-0.25, -0.2) is 19.4 Å². The number of hydrogen-bond acceptors (Lipinski definition) is 6. The van der Waals surface area contributed by atoms with E-state index in [4.69, 9.17) is 5.11 Å². The molecule has 0 bridgehead atoms. The summed E-state index contributed by atoms with van der Waals surface area (Å²) < 4.78 is 272. The summed E-state index contributed by atoms with van der Waals surface area (Å²) in [5, 5.41) is 9.09. The summed E-state index contributed by atoms with van der Waals surface area (Å²) in [4.78, 5) is 7.18. The molecule has 26 heteroatoms. The smallest absolute Gasteiger partial charge is 0.460 e. The molecule has 0 saturated heterocycles. The molecular formula is C20H8F20N2O4. The van der Waals surface area contributed by atoms with Gasteiger partial charge >= 0.3 is 60.7 Å². The second kappa shape index (κ2) is 11.6. The summed E-state index contributed by atoms with van der Waals surface area (Å²) in [6.45, 7) is 0. The molecule has 0 aliphatic heterocycles. The average Bonchev–Trinajstić information content (AvgIpc) is 2.87. The van der Waals surface area contributed by atoms with Crippen LogP contribution in [0.25, 0.3) is 11.4 Å². The van der Waals surface area contributed by atoms with Gasteiger partial charge in [-0.3, -0.25) is 0 Å². The van der Waals surface area contributed by atoms with E-state index in [1.807, 2.05) is 4.74 Å². The third kappa shape index (κ3) is 6.76. The first-order chi connectivity index (χ1) is 20.3. The molecule has 2 rings (SSSR count). The number of halogens is 20. The van der Waals surface area contributed by atoms with E-state index >= 15 is 0 Å². The maximum absolute atomic E-state index is 13.9. The highest BCUT2D eigenvalue weighted by Gasteiger charge is 2.92. The minimum absolute atomic E-state index is 0.0164. The molecule has 0 saturated carbocycles.